The lowest BCUT2D eigenvalue weighted by Crippen LogP contribution is -2.50. The maximum atomic E-state index is 12.5. The number of rotatable bonds is 3. The Balaban J connectivity index is 1.99. The fourth-order valence-corrected chi connectivity index (χ4v) is 4.96. The number of piperidine rings is 1. The van der Waals surface area contributed by atoms with Crippen molar-refractivity contribution in [1.29, 1.82) is 0 Å². The summed E-state index contributed by atoms with van der Waals surface area (Å²) < 4.78 is 32.0. The molecule has 2 rings (SSSR count). The van der Waals surface area contributed by atoms with Crippen LogP contribution in [0.1, 0.15) is 33.6 Å². The van der Waals surface area contributed by atoms with Crippen LogP contribution in [-0.2, 0) is 14.8 Å². The summed E-state index contributed by atoms with van der Waals surface area (Å²) in [6.07, 6.45) is 0.952. The Hall–Kier alpha value is -1.12. The minimum absolute atomic E-state index is 0.224. The van der Waals surface area contributed by atoms with Crippen LogP contribution in [0.3, 0.4) is 0 Å². The number of carbonyl (C=O) groups excluding carboxylic acids is 1. The Morgan fingerprint density at radius 3 is 2.77 bits per heavy atom. The molecule has 1 aliphatic rings. The summed E-state index contributed by atoms with van der Waals surface area (Å²) in [5.41, 5.74) is -0.568. The molecule has 1 fully saturated rings. The van der Waals surface area contributed by atoms with Crippen LogP contribution in [0.5, 0.6) is 0 Å². The molecule has 0 saturated carbocycles. The van der Waals surface area contributed by atoms with Crippen molar-refractivity contribution in [3.8, 4) is 0 Å². The largest absolute Gasteiger partial charge is 0.444 e. The highest BCUT2D eigenvalue weighted by Crippen LogP contribution is 2.24. The Bertz CT molecular complexity index is 605. The first kappa shape index (κ1) is 17.2. The fraction of sp³-hybridized carbons (Fsp3) is 0.643. The maximum Gasteiger partial charge on any atom is 0.407 e. The van der Waals surface area contributed by atoms with Crippen molar-refractivity contribution in [1.82, 2.24) is 9.62 Å². The molecule has 1 amide bonds. The highest BCUT2D eigenvalue weighted by molar-refractivity contribution is 7.91. The third-order valence-corrected chi connectivity index (χ3v) is 6.43. The summed E-state index contributed by atoms with van der Waals surface area (Å²) in [4.78, 5) is 11.8. The van der Waals surface area contributed by atoms with Crippen LogP contribution in [0.4, 0.5) is 4.79 Å². The fourth-order valence-electron chi connectivity index (χ4n) is 2.29. The van der Waals surface area contributed by atoms with Crippen molar-refractivity contribution in [2.24, 2.45) is 0 Å². The predicted octanol–water partition coefficient (Wildman–Crippen LogP) is 2.43. The van der Waals surface area contributed by atoms with E-state index >= 15 is 0 Å². The van der Waals surface area contributed by atoms with Crippen LogP contribution in [-0.4, -0.2) is 43.5 Å². The zero-order chi connectivity index (χ0) is 16.4. The number of nitrogens with one attached hydrogen (secondary N) is 1. The Kier molecular flexibility index (Phi) is 5.14. The van der Waals surface area contributed by atoms with Gasteiger partial charge in [0.25, 0.3) is 10.0 Å². The van der Waals surface area contributed by atoms with Crippen molar-refractivity contribution in [3.63, 3.8) is 0 Å². The average Bonchev–Trinajstić information content (AvgIpc) is 2.91. The molecule has 1 atom stereocenters. The number of carbonyl (C=O) groups is 1. The first-order chi connectivity index (χ1) is 10.2. The molecule has 22 heavy (non-hydrogen) atoms. The van der Waals surface area contributed by atoms with Crippen molar-refractivity contribution in [2.75, 3.05) is 13.1 Å². The number of alkyl carbamates (subject to hydrolysis) is 1. The van der Waals surface area contributed by atoms with Gasteiger partial charge in [-0.25, -0.2) is 13.2 Å². The molecule has 0 spiro atoms. The van der Waals surface area contributed by atoms with Crippen molar-refractivity contribution >= 4 is 27.5 Å². The number of thiophene rings is 1. The second-order valence-corrected chi connectivity index (χ2v) is 9.39. The van der Waals surface area contributed by atoms with E-state index in [4.69, 9.17) is 4.74 Å². The van der Waals surface area contributed by atoms with Crippen LogP contribution in [0.25, 0.3) is 0 Å². The molecule has 0 aliphatic carbocycles. The van der Waals surface area contributed by atoms with E-state index in [9.17, 15) is 13.2 Å². The maximum absolute atomic E-state index is 12.5. The number of nitrogens with zero attached hydrogens (tertiary/aromatic N) is 1. The van der Waals surface area contributed by atoms with E-state index in [0.29, 0.717) is 17.2 Å². The van der Waals surface area contributed by atoms with Crippen LogP contribution >= 0.6 is 11.3 Å². The third kappa shape index (κ3) is 4.44. The van der Waals surface area contributed by atoms with E-state index in [1.165, 1.54) is 15.6 Å². The first-order valence-corrected chi connectivity index (χ1v) is 9.53. The van der Waals surface area contributed by atoms with Crippen molar-refractivity contribution < 1.29 is 17.9 Å². The van der Waals surface area contributed by atoms with Gasteiger partial charge in [0, 0.05) is 19.1 Å². The molecule has 1 saturated heterocycles. The molecule has 0 aromatic carbocycles. The number of amides is 1. The van der Waals surface area contributed by atoms with Gasteiger partial charge >= 0.3 is 6.09 Å². The second kappa shape index (κ2) is 6.55. The standard InChI is InChI=1S/C14H22N2O4S2/c1-14(2,3)20-13(17)15-11-6-4-8-16(10-11)22(18,19)12-7-5-9-21-12/h5,7,9,11H,4,6,8,10H2,1-3H3,(H,15,17)/t11-/m0/s1. The molecule has 8 heteroatoms. The van der Waals surface area contributed by atoms with Gasteiger partial charge in [-0.2, -0.15) is 4.31 Å². The van der Waals surface area contributed by atoms with E-state index in [1.807, 2.05) is 0 Å². The Labute approximate surface area is 135 Å². The lowest BCUT2D eigenvalue weighted by atomic mass is 10.1. The normalized spacial score (nSPS) is 20.6. The molecule has 1 aliphatic heterocycles. The lowest BCUT2D eigenvalue weighted by molar-refractivity contribution is 0.0487. The summed E-state index contributed by atoms with van der Waals surface area (Å²) in [6.45, 7) is 6.13. The van der Waals surface area contributed by atoms with Crippen molar-refractivity contribution in [2.45, 2.75) is 49.5 Å². The molecular formula is C14H22N2O4S2. The van der Waals surface area contributed by atoms with Gasteiger partial charge in [0.2, 0.25) is 0 Å². The zero-order valence-electron chi connectivity index (χ0n) is 13.0. The summed E-state index contributed by atoms with van der Waals surface area (Å²) in [5, 5.41) is 4.50. The lowest BCUT2D eigenvalue weighted by Gasteiger charge is -2.32. The molecule has 1 aromatic heterocycles. The minimum atomic E-state index is -3.46. The number of ether oxygens (including phenoxy) is 1. The molecule has 0 radical (unpaired) electrons. The van der Waals surface area contributed by atoms with Gasteiger partial charge in [-0.15, -0.1) is 11.3 Å². The van der Waals surface area contributed by atoms with Crippen LogP contribution in [0.2, 0.25) is 0 Å². The second-order valence-electron chi connectivity index (χ2n) is 6.28. The van der Waals surface area contributed by atoms with Crippen LogP contribution in [0, 0.1) is 0 Å². The molecular weight excluding hydrogens is 324 g/mol. The van der Waals surface area contributed by atoms with Gasteiger partial charge in [-0.05, 0) is 45.1 Å². The summed E-state index contributed by atoms with van der Waals surface area (Å²) in [6, 6.07) is 3.10. The molecule has 1 N–H and O–H groups in total. The molecule has 2 heterocycles. The van der Waals surface area contributed by atoms with E-state index in [-0.39, 0.29) is 12.6 Å². The SMILES string of the molecule is CC(C)(C)OC(=O)N[C@H]1CCCN(S(=O)(=O)c2cccs2)C1. The van der Waals surface area contributed by atoms with E-state index in [1.54, 1.807) is 38.3 Å². The van der Waals surface area contributed by atoms with Gasteiger partial charge in [0.1, 0.15) is 9.81 Å². The quantitative estimate of drug-likeness (QED) is 0.912. The van der Waals surface area contributed by atoms with Gasteiger partial charge in [0.15, 0.2) is 0 Å². The average molecular weight is 346 g/mol. The zero-order valence-corrected chi connectivity index (χ0v) is 14.7. The van der Waals surface area contributed by atoms with Gasteiger partial charge in [-0.3, -0.25) is 0 Å². The number of hydrogen-bond acceptors (Lipinski definition) is 5. The van der Waals surface area contributed by atoms with E-state index in [0.717, 1.165) is 6.42 Å². The Morgan fingerprint density at radius 1 is 1.45 bits per heavy atom. The van der Waals surface area contributed by atoms with E-state index in [2.05, 4.69) is 5.32 Å². The summed E-state index contributed by atoms with van der Waals surface area (Å²) >= 11 is 1.20. The minimum Gasteiger partial charge on any atom is -0.444 e. The molecule has 124 valence electrons. The molecule has 0 bridgehead atoms. The summed E-state index contributed by atoms with van der Waals surface area (Å²) in [5.74, 6) is 0. The topological polar surface area (TPSA) is 75.7 Å². The van der Waals surface area contributed by atoms with Gasteiger partial charge < -0.3 is 10.1 Å². The highest BCUT2D eigenvalue weighted by atomic mass is 32.2. The smallest absolute Gasteiger partial charge is 0.407 e. The molecule has 6 nitrogen and oxygen atoms in total. The first-order valence-electron chi connectivity index (χ1n) is 7.22. The molecule has 0 unspecified atom stereocenters. The third-order valence-electron chi connectivity index (χ3n) is 3.19. The van der Waals surface area contributed by atoms with E-state index < -0.39 is 21.7 Å². The number of hydrogen-bond donors (Lipinski definition) is 1. The van der Waals surface area contributed by atoms with Crippen LogP contribution < -0.4 is 5.32 Å². The van der Waals surface area contributed by atoms with Crippen LogP contribution in [0.15, 0.2) is 21.7 Å². The Morgan fingerprint density at radius 2 is 2.18 bits per heavy atom. The molecule has 1 aromatic rings. The highest BCUT2D eigenvalue weighted by Gasteiger charge is 2.32. The predicted molar refractivity (Wildman–Crippen MR) is 85.5 cm³/mol. The number of sulfonamides is 1. The monoisotopic (exact) mass is 346 g/mol. The van der Waals surface area contributed by atoms with Gasteiger partial charge in [0.05, 0.1) is 0 Å². The summed E-state index contributed by atoms with van der Waals surface area (Å²) in [7, 11) is -3.46. The van der Waals surface area contributed by atoms with Crippen molar-refractivity contribution in [3.05, 3.63) is 17.5 Å². The van der Waals surface area contributed by atoms with Gasteiger partial charge in [-0.1, -0.05) is 6.07 Å².